The summed E-state index contributed by atoms with van der Waals surface area (Å²) < 4.78 is 12.0. The summed E-state index contributed by atoms with van der Waals surface area (Å²) in [6, 6.07) is 6.46. The Kier molecular flexibility index (Phi) is 8.54. The van der Waals surface area contributed by atoms with E-state index >= 15 is 0 Å². The molecule has 1 aromatic carbocycles. The van der Waals surface area contributed by atoms with Gasteiger partial charge in [-0.15, -0.1) is 17.5 Å². The Morgan fingerprint density at radius 1 is 1.40 bits per heavy atom. The van der Waals surface area contributed by atoms with Gasteiger partial charge in [0.25, 0.3) is 0 Å². The van der Waals surface area contributed by atoms with Gasteiger partial charge in [0.1, 0.15) is 0 Å². The van der Waals surface area contributed by atoms with Crippen LogP contribution in [-0.4, -0.2) is 16.7 Å². The fraction of sp³-hybridized carbons (Fsp3) is 0.200. The summed E-state index contributed by atoms with van der Waals surface area (Å²) >= 11 is 1.46. The van der Waals surface area contributed by atoms with E-state index in [2.05, 4.69) is 0 Å². The molecule has 0 amide bonds. The predicted molar refractivity (Wildman–Crippen MR) is 61.4 cm³/mol. The van der Waals surface area contributed by atoms with Crippen molar-refractivity contribution in [2.24, 2.45) is 0 Å². The molecule has 0 aliphatic heterocycles. The van der Waals surface area contributed by atoms with Crippen LogP contribution in [0.25, 0.3) is 6.08 Å². The van der Waals surface area contributed by atoms with Gasteiger partial charge in [-0.1, -0.05) is 24.3 Å². The van der Waals surface area contributed by atoms with Crippen LogP contribution in [0.15, 0.2) is 28.5 Å². The van der Waals surface area contributed by atoms with Crippen molar-refractivity contribution in [3.05, 3.63) is 34.1 Å². The van der Waals surface area contributed by atoms with Crippen molar-refractivity contribution >= 4 is 28.6 Å². The SMILES string of the molecule is CS/C(=C\c1ccc([O-])cc1)S(C)=O.[K+]. The standard InChI is InChI=1S/C10H12O2S2.K/c1-13-10(14(2)12)7-8-3-5-9(11)6-4-8;/h3-7,11H,1-2H3;/q;+1/p-1/b10-7+;. The minimum atomic E-state index is -0.963. The van der Waals surface area contributed by atoms with E-state index < -0.39 is 10.8 Å². The summed E-state index contributed by atoms with van der Waals surface area (Å²) in [7, 11) is -0.963. The number of rotatable bonds is 3. The minimum Gasteiger partial charge on any atom is -0.872 e. The van der Waals surface area contributed by atoms with Crippen molar-refractivity contribution in [2.45, 2.75) is 0 Å². The van der Waals surface area contributed by atoms with Crippen LogP contribution in [-0.2, 0) is 10.8 Å². The molecule has 1 unspecified atom stereocenters. The second-order valence-electron chi connectivity index (χ2n) is 2.69. The van der Waals surface area contributed by atoms with Crippen molar-refractivity contribution < 1.29 is 60.7 Å². The van der Waals surface area contributed by atoms with Gasteiger partial charge in [-0.2, -0.15) is 0 Å². The van der Waals surface area contributed by atoms with Crippen molar-refractivity contribution in [2.75, 3.05) is 12.5 Å². The quantitative estimate of drug-likeness (QED) is 0.646. The van der Waals surface area contributed by atoms with Crippen LogP contribution in [0.2, 0.25) is 0 Å². The van der Waals surface area contributed by atoms with E-state index in [-0.39, 0.29) is 57.1 Å². The number of benzene rings is 1. The molecule has 1 atom stereocenters. The molecule has 0 N–H and O–H groups in total. The third kappa shape index (κ3) is 5.67. The molecule has 76 valence electrons. The molecule has 1 aromatic rings. The van der Waals surface area contributed by atoms with Crippen LogP contribution in [0, 0.1) is 0 Å². The Morgan fingerprint density at radius 3 is 2.33 bits per heavy atom. The maximum absolute atomic E-state index is 11.2. The molecule has 5 heteroatoms. The van der Waals surface area contributed by atoms with Crippen molar-refractivity contribution in [1.82, 2.24) is 0 Å². The fourth-order valence-electron chi connectivity index (χ4n) is 0.959. The third-order valence-corrected chi connectivity index (χ3v) is 4.06. The van der Waals surface area contributed by atoms with Gasteiger partial charge in [0.15, 0.2) is 0 Å². The first-order valence-corrected chi connectivity index (χ1v) is 6.78. The molecule has 0 spiro atoms. The zero-order chi connectivity index (χ0) is 10.6. The van der Waals surface area contributed by atoms with Crippen LogP contribution in [0.1, 0.15) is 5.56 Å². The second kappa shape index (κ2) is 8.06. The van der Waals surface area contributed by atoms with E-state index in [0.717, 1.165) is 9.80 Å². The summed E-state index contributed by atoms with van der Waals surface area (Å²) in [4.78, 5) is 0. The molecule has 0 fully saturated rings. The van der Waals surface area contributed by atoms with Crippen molar-refractivity contribution in [3.8, 4) is 5.75 Å². The van der Waals surface area contributed by atoms with Gasteiger partial charge in [-0.05, 0) is 17.9 Å². The van der Waals surface area contributed by atoms with Gasteiger partial charge in [0.2, 0.25) is 0 Å². The number of thioether (sulfide) groups is 1. The molecule has 0 aliphatic carbocycles. The molecular formula is C10H11KO2S2. The Labute approximate surface area is 139 Å². The molecule has 2 nitrogen and oxygen atoms in total. The Balaban J connectivity index is 0.00000196. The van der Waals surface area contributed by atoms with Crippen LogP contribution < -0.4 is 56.5 Å². The molecule has 0 aromatic heterocycles. The van der Waals surface area contributed by atoms with Crippen LogP contribution in [0.5, 0.6) is 5.75 Å². The van der Waals surface area contributed by atoms with Gasteiger partial charge < -0.3 is 5.11 Å². The zero-order valence-corrected chi connectivity index (χ0v) is 13.8. The minimum absolute atomic E-state index is 0. The van der Waals surface area contributed by atoms with E-state index in [1.807, 2.05) is 12.3 Å². The van der Waals surface area contributed by atoms with Crippen LogP contribution >= 0.6 is 11.8 Å². The summed E-state index contributed by atoms with van der Waals surface area (Å²) in [6.45, 7) is 0. The topological polar surface area (TPSA) is 40.1 Å². The first-order valence-electron chi connectivity index (χ1n) is 3.99. The molecule has 0 saturated carbocycles. The predicted octanol–water partition coefficient (Wildman–Crippen LogP) is -1.20. The molecule has 0 aliphatic rings. The summed E-state index contributed by atoms with van der Waals surface area (Å²) in [5, 5.41) is 10.8. The first kappa shape index (κ1) is 15.9. The first-order chi connectivity index (χ1) is 6.63. The maximum Gasteiger partial charge on any atom is 1.00 e. The Bertz CT molecular complexity index is 360. The van der Waals surface area contributed by atoms with Crippen LogP contribution in [0.3, 0.4) is 0 Å². The molecule has 0 heterocycles. The fourth-order valence-corrected chi connectivity index (χ4v) is 2.45. The summed E-state index contributed by atoms with van der Waals surface area (Å²) in [6.07, 6.45) is 5.36. The molecule has 0 saturated heterocycles. The number of hydrogen-bond donors (Lipinski definition) is 0. The molecule has 0 bridgehead atoms. The van der Waals surface area contributed by atoms with E-state index in [0.29, 0.717) is 0 Å². The van der Waals surface area contributed by atoms with Crippen molar-refractivity contribution in [1.29, 1.82) is 0 Å². The molecule has 1 rings (SSSR count). The summed E-state index contributed by atoms with van der Waals surface area (Å²) in [5.41, 5.74) is 0.907. The largest absolute Gasteiger partial charge is 1.00 e. The van der Waals surface area contributed by atoms with Gasteiger partial charge in [0, 0.05) is 6.26 Å². The average molecular weight is 266 g/mol. The smallest absolute Gasteiger partial charge is 0.872 e. The Hall–Kier alpha value is 0.896. The van der Waals surface area contributed by atoms with Gasteiger partial charge in [-0.25, -0.2) is 0 Å². The van der Waals surface area contributed by atoms with Gasteiger partial charge >= 0.3 is 51.4 Å². The molecule has 15 heavy (non-hydrogen) atoms. The van der Waals surface area contributed by atoms with E-state index in [9.17, 15) is 9.32 Å². The van der Waals surface area contributed by atoms with Crippen molar-refractivity contribution in [3.63, 3.8) is 0 Å². The number of hydrogen-bond acceptors (Lipinski definition) is 3. The van der Waals surface area contributed by atoms with Gasteiger partial charge in [0.05, 0.1) is 15.0 Å². The molecular weight excluding hydrogens is 255 g/mol. The molecule has 0 radical (unpaired) electrons. The van der Waals surface area contributed by atoms with E-state index in [1.54, 1.807) is 18.4 Å². The van der Waals surface area contributed by atoms with E-state index in [4.69, 9.17) is 0 Å². The third-order valence-electron chi connectivity index (χ3n) is 1.65. The second-order valence-corrected chi connectivity index (χ2v) is 5.15. The monoisotopic (exact) mass is 266 g/mol. The van der Waals surface area contributed by atoms with Gasteiger partial charge in [-0.3, -0.25) is 4.21 Å². The Morgan fingerprint density at radius 2 is 1.93 bits per heavy atom. The van der Waals surface area contributed by atoms with E-state index in [1.165, 1.54) is 23.9 Å². The normalized spacial score (nSPS) is 13.1. The average Bonchev–Trinajstić information content (AvgIpc) is 2.16. The van der Waals surface area contributed by atoms with Crippen LogP contribution in [0.4, 0.5) is 0 Å². The zero-order valence-electron chi connectivity index (χ0n) is 9.02. The maximum atomic E-state index is 11.2. The summed E-state index contributed by atoms with van der Waals surface area (Å²) in [5.74, 6) is -0.00882.